The molecule has 0 amide bonds. The lowest BCUT2D eigenvalue weighted by Crippen LogP contribution is -2.08. The standard InChI is InChI=1S/C11H14O4S/c1-8-3-4-11(16(12,13)14-2)9(5-8)6-10-7-15-10/h3-5,10H,6-7H2,1-2H3. The molecule has 1 aromatic carbocycles. The maximum absolute atomic E-state index is 11.7. The summed E-state index contributed by atoms with van der Waals surface area (Å²) in [6.07, 6.45) is 0.784. The van der Waals surface area contributed by atoms with Crippen LogP contribution in [0.5, 0.6) is 0 Å². The average molecular weight is 242 g/mol. The zero-order chi connectivity index (χ0) is 11.8. The first-order chi connectivity index (χ1) is 7.53. The van der Waals surface area contributed by atoms with E-state index < -0.39 is 10.1 Å². The van der Waals surface area contributed by atoms with E-state index in [4.69, 9.17) is 4.74 Å². The van der Waals surface area contributed by atoms with Gasteiger partial charge >= 0.3 is 0 Å². The third kappa shape index (κ3) is 2.42. The van der Waals surface area contributed by atoms with Gasteiger partial charge in [0.1, 0.15) is 0 Å². The second kappa shape index (κ2) is 4.16. The van der Waals surface area contributed by atoms with Gasteiger partial charge in [-0.05, 0) is 18.6 Å². The van der Waals surface area contributed by atoms with Gasteiger partial charge < -0.3 is 4.74 Å². The molecule has 16 heavy (non-hydrogen) atoms. The number of aryl methyl sites for hydroxylation is 1. The molecule has 0 radical (unpaired) electrons. The number of rotatable bonds is 4. The van der Waals surface area contributed by atoms with E-state index in [1.54, 1.807) is 12.1 Å². The molecule has 88 valence electrons. The van der Waals surface area contributed by atoms with Crippen LogP contribution in [0.4, 0.5) is 0 Å². The van der Waals surface area contributed by atoms with Crippen molar-refractivity contribution in [3.63, 3.8) is 0 Å². The highest BCUT2D eigenvalue weighted by Gasteiger charge is 2.26. The van der Waals surface area contributed by atoms with Crippen LogP contribution in [0.15, 0.2) is 23.1 Å². The quantitative estimate of drug-likeness (QED) is 0.589. The normalized spacial score (nSPS) is 19.8. The predicted octanol–water partition coefficient (Wildman–Crippen LogP) is 1.27. The Bertz CT molecular complexity index is 489. The number of hydrogen-bond acceptors (Lipinski definition) is 4. The fraction of sp³-hybridized carbons (Fsp3) is 0.455. The van der Waals surface area contributed by atoms with Crippen molar-refractivity contribution < 1.29 is 17.3 Å². The Kier molecular flexibility index (Phi) is 3.01. The Morgan fingerprint density at radius 3 is 2.75 bits per heavy atom. The average Bonchev–Trinajstić information content (AvgIpc) is 3.01. The van der Waals surface area contributed by atoms with Gasteiger partial charge in [-0.3, -0.25) is 4.18 Å². The van der Waals surface area contributed by atoms with Crippen molar-refractivity contribution in [2.45, 2.75) is 24.3 Å². The largest absolute Gasteiger partial charge is 0.373 e. The van der Waals surface area contributed by atoms with Crippen LogP contribution < -0.4 is 0 Å². The molecule has 0 spiro atoms. The summed E-state index contributed by atoms with van der Waals surface area (Å²) in [4.78, 5) is 0.246. The van der Waals surface area contributed by atoms with E-state index in [1.807, 2.05) is 13.0 Å². The van der Waals surface area contributed by atoms with Crippen LogP contribution in [-0.4, -0.2) is 28.2 Å². The van der Waals surface area contributed by atoms with Gasteiger partial charge in [0.25, 0.3) is 10.1 Å². The van der Waals surface area contributed by atoms with E-state index in [0.717, 1.165) is 11.1 Å². The van der Waals surface area contributed by atoms with Crippen LogP contribution in [0.2, 0.25) is 0 Å². The molecule has 1 unspecified atom stereocenters. The van der Waals surface area contributed by atoms with E-state index in [0.29, 0.717) is 13.0 Å². The molecule has 0 bridgehead atoms. The first-order valence-corrected chi connectivity index (χ1v) is 6.45. The molecule has 4 nitrogen and oxygen atoms in total. The van der Waals surface area contributed by atoms with E-state index >= 15 is 0 Å². The topological polar surface area (TPSA) is 55.9 Å². The summed E-state index contributed by atoms with van der Waals surface area (Å²) in [7, 11) is -2.45. The molecule has 0 aliphatic carbocycles. The van der Waals surface area contributed by atoms with Crippen LogP contribution in [0.3, 0.4) is 0 Å². The zero-order valence-electron chi connectivity index (χ0n) is 9.26. The summed E-state index contributed by atoms with van der Waals surface area (Å²) >= 11 is 0. The Morgan fingerprint density at radius 2 is 2.19 bits per heavy atom. The van der Waals surface area contributed by atoms with Gasteiger partial charge in [0.15, 0.2) is 0 Å². The van der Waals surface area contributed by atoms with Crippen LogP contribution in [0.1, 0.15) is 11.1 Å². The fourth-order valence-electron chi connectivity index (χ4n) is 1.63. The summed E-state index contributed by atoms with van der Waals surface area (Å²) in [5.74, 6) is 0. The molecule has 1 aliphatic heterocycles. The molecular formula is C11H14O4S. The first-order valence-electron chi connectivity index (χ1n) is 5.04. The second-order valence-electron chi connectivity index (χ2n) is 3.89. The van der Waals surface area contributed by atoms with Crippen molar-refractivity contribution in [2.24, 2.45) is 0 Å². The van der Waals surface area contributed by atoms with Gasteiger partial charge in [-0.15, -0.1) is 0 Å². The van der Waals surface area contributed by atoms with E-state index in [1.165, 1.54) is 7.11 Å². The number of benzene rings is 1. The summed E-state index contributed by atoms with van der Waals surface area (Å²) in [6, 6.07) is 5.22. The molecule has 0 N–H and O–H groups in total. The van der Waals surface area contributed by atoms with Crippen molar-refractivity contribution in [3.8, 4) is 0 Å². The molecule has 1 aliphatic rings. The molecule has 1 heterocycles. The van der Waals surface area contributed by atoms with Gasteiger partial charge in [-0.2, -0.15) is 8.42 Å². The van der Waals surface area contributed by atoms with E-state index in [2.05, 4.69) is 4.18 Å². The molecule has 1 fully saturated rings. The summed E-state index contributed by atoms with van der Waals surface area (Å²) in [5, 5.41) is 0. The maximum Gasteiger partial charge on any atom is 0.296 e. The number of ether oxygens (including phenoxy) is 1. The summed E-state index contributed by atoms with van der Waals surface area (Å²) in [5.41, 5.74) is 1.80. The first kappa shape index (κ1) is 11.6. The van der Waals surface area contributed by atoms with Crippen molar-refractivity contribution in [1.29, 1.82) is 0 Å². The molecule has 2 rings (SSSR count). The van der Waals surface area contributed by atoms with Crippen molar-refractivity contribution in [2.75, 3.05) is 13.7 Å². The highest BCUT2D eigenvalue weighted by molar-refractivity contribution is 7.86. The lowest BCUT2D eigenvalue weighted by atomic mass is 10.1. The van der Waals surface area contributed by atoms with Crippen LogP contribution in [-0.2, 0) is 25.5 Å². The molecule has 0 aromatic heterocycles. The molecule has 1 aromatic rings. The Hall–Kier alpha value is -0.910. The second-order valence-corrected chi connectivity index (χ2v) is 5.57. The van der Waals surface area contributed by atoms with Crippen molar-refractivity contribution >= 4 is 10.1 Å². The minimum Gasteiger partial charge on any atom is -0.373 e. The minimum absolute atomic E-state index is 0.160. The molecule has 1 saturated heterocycles. The minimum atomic E-state index is -3.62. The Balaban J connectivity index is 2.42. The SMILES string of the molecule is COS(=O)(=O)c1ccc(C)cc1CC1CO1. The zero-order valence-corrected chi connectivity index (χ0v) is 10.1. The summed E-state index contributed by atoms with van der Waals surface area (Å²) < 4.78 is 33.0. The van der Waals surface area contributed by atoms with Gasteiger partial charge in [0.05, 0.1) is 24.7 Å². The van der Waals surface area contributed by atoms with E-state index in [9.17, 15) is 8.42 Å². The van der Waals surface area contributed by atoms with Crippen molar-refractivity contribution in [1.82, 2.24) is 0 Å². The summed E-state index contributed by atoms with van der Waals surface area (Å²) in [6.45, 7) is 2.64. The van der Waals surface area contributed by atoms with E-state index in [-0.39, 0.29) is 11.0 Å². The fourth-order valence-corrected chi connectivity index (χ4v) is 2.51. The Labute approximate surface area is 95.3 Å². The van der Waals surface area contributed by atoms with Crippen LogP contribution in [0, 0.1) is 6.92 Å². The third-order valence-electron chi connectivity index (χ3n) is 2.55. The van der Waals surface area contributed by atoms with Crippen molar-refractivity contribution in [3.05, 3.63) is 29.3 Å². The van der Waals surface area contributed by atoms with Gasteiger partial charge in [0.2, 0.25) is 0 Å². The lowest BCUT2D eigenvalue weighted by Gasteiger charge is -2.08. The van der Waals surface area contributed by atoms with Crippen LogP contribution >= 0.6 is 0 Å². The number of epoxide rings is 1. The maximum atomic E-state index is 11.7. The van der Waals surface area contributed by atoms with Gasteiger partial charge in [-0.25, -0.2) is 0 Å². The molecule has 5 heteroatoms. The lowest BCUT2D eigenvalue weighted by molar-refractivity contribution is 0.394. The molecular weight excluding hydrogens is 228 g/mol. The molecule has 1 atom stereocenters. The molecule has 0 saturated carbocycles. The number of hydrogen-bond donors (Lipinski definition) is 0. The highest BCUT2D eigenvalue weighted by atomic mass is 32.2. The smallest absolute Gasteiger partial charge is 0.296 e. The van der Waals surface area contributed by atoms with Gasteiger partial charge in [-0.1, -0.05) is 17.7 Å². The monoisotopic (exact) mass is 242 g/mol. The highest BCUT2D eigenvalue weighted by Crippen LogP contribution is 2.24. The third-order valence-corrected chi connectivity index (χ3v) is 3.93. The van der Waals surface area contributed by atoms with Crippen LogP contribution in [0.25, 0.3) is 0 Å². The predicted molar refractivity (Wildman–Crippen MR) is 58.8 cm³/mol. The van der Waals surface area contributed by atoms with Gasteiger partial charge in [0, 0.05) is 6.42 Å². The Morgan fingerprint density at radius 1 is 1.50 bits per heavy atom.